The molecule has 1 atom stereocenters. The highest BCUT2D eigenvalue weighted by atomic mass is 16.5. The van der Waals surface area contributed by atoms with Crippen LogP contribution in [0.15, 0.2) is 28.7 Å². The number of anilines is 2. The minimum atomic E-state index is -0.132. The number of nitrogens with zero attached hydrogens (tertiary/aromatic N) is 3. The summed E-state index contributed by atoms with van der Waals surface area (Å²) in [5.41, 5.74) is 2.38. The van der Waals surface area contributed by atoms with Crippen LogP contribution in [0.2, 0.25) is 0 Å². The SMILES string of the molecule is CCOc1ccccc1NC(=O)[C@H]1CCCN(c2nc(C)nc3oc(C)c(C)c23)C1. The first kappa shape index (κ1) is 20.2. The van der Waals surface area contributed by atoms with Crippen LogP contribution in [0.4, 0.5) is 11.5 Å². The van der Waals surface area contributed by atoms with Gasteiger partial charge in [-0.15, -0.1) is 0 Å². The number of benzene rings is 1. The van der Waals surface area contributed by atoms with Crippen molar-refractivity contribution in [3.8, 4) is 5.75 Å². The zero-order valence-corrected chi connectivity index (χ0v) is 18.0. The van der Waals surface area contributed by atoms with E-state index < -0.39 is 0 Å². The molecule has 1 saturated heterocycles. The predicted molar refractivity (Wildman–Crippen MR) is 117 cm³/mol. The molecule has 7 nitrogen and oxygen atoms in total. The summed E-state index contributed by atoms with van der Waals surface area (Å²) in [4.78, 5) is 24.4. The van der Waals surface area contributed by atoms with Gasteiger partial charge in [0, 0.05) is 18.7 Å². The molecule has 0 bridgehead atoms. The lowest BCUT2D eigenvalue weighted by Crippen LogP contribution is -2.41. The molecular formula is C23H28N4O3. The lowest BCUT2D eigenvalue weighted by atomic mass is 9.96. The van der Waals surface area contributed by atoms with Gasteiger partial charge in [-0.25, -0.2) is 4.98 Å². The van der Waals surface area contributed by atoms with Crippen LogP contribution in [0.1, 0.15) is 36.9 Å². The minimum Gasteiger partial charge on any atom is -0.492 e. The Morgan fingerprint density at radius 1 is 1.27 bits per heavy atom. The highest BCUT2D eigenvalue weighted by Gasteiger charge is 2.29. The van der Waals surface area contributed by atoms with Gasteiger partial charge < -0.3 is 19.4 Å². The topological polar surface area (TPSA) is 80.5 Å². The number of amides is 1. The summed E-state index contributed by atoms with van der Waals surface area (Å²) in [5, 5.41) is 4.00. The molecule has 158 valence electrons. The Morgan fingerprint density at radius 2 is 2.07 bits per heavy atom. The molecule has 4 rings (SSSR count). The summed E-state index contributed by atoms with van der Waals surface area (Å²) in [6, 6.07) is 7.55. The molecule has 1 aromatic carbocycles. The lowest BCUT2D eigenvalue weighted by Gasteiger charge is -2.33. The zero-order valence-electron chi connectivity index (χ0n) is 18.0. The Balaban J connectivity index is 1.57. The Labute approximate surface area is 176 Å². The highest BCUT2D eigenvalue weighted by Crippen LogP contribution is 2.34. The Hall–Kier alpha value is -3.09. The molecule has 1 aliphatic rings. The molecule has 0 spiro atoms. The van der Waals surface area contributed by atoms with Crippen LogP contribution >= 0.6 is 0 Å². The number of fused-ring (bicyclic) bond motifs is 1. The third-order valence-corrected chi connectivity index (χ3v) is 5.66. The second-order valence-electron chi connectivity index (χ2n) is 7.76. The van der Waals surface area contributed by atoms with E-state index in [0.29, 0.717) is 36.1 Å². The number of piperidine rings is 1. The fraction of sp³-hybridized carbons (Fsp3) is 0.435. The van der Waals surface area contributed by atoms with E-state index in [0.717, 1.165) is 41.9 Å². The predicted octanol–water partition coefficient (Wildman–Crippen LogP) is 4.40. The van der Waals surface area contributed by atoms with Gasteiger partial charge in [0.05, 0.1) is 23.6 Å². The van der Waals surface area contributed by atoms with Gasteiger partial charge in [0.25, 0.3) is 0 Å². The number of carbonyl (C=O) groups is 1. The summed E-state index contributed by atoms with van der Waals surface area (Å²) in [7, 11) is 0. The van der Waals surface area contributed by atoms with Crippen molar-refractivity contribution < 1.29 is 13.9 Å². The van der Waals surface area contributed by atoms with Crippen LogP contribution in [0, 0.1) is 26.7 Å². The third kappa shape index (κ3) is 3.84. The van der Waals surface area contributed by atoms with E-state index in [1.54, 1.807) is 0 Å². The molecule has 0 saturated carbocycles. The molecule has 0 radical (unpaired) electrons. The van der Waals surface area contributed by atoms with Crippen molar-refractivity contribution in [1.29, 1.82) is 0 Å². The normalized spacial score (nSPS) is 16.7. The number of furan rings is 1. The van der Waals surface area contributed by atoms with Gasteiger partial charge in [-0.05, 0) is 52.7 Å². The van der Waals surface area contributed by atoms with Gasteiger partial charge in [-0.3, -0.25) is 4.79 Å². The second-order valence-corrected chi connectivity index (χ2v) is 7.76. The van der Waals surface area contributed by atoms with Gasteiger partial charge in [0.2, 0.25) is 11.6 Å². The standard InChI is InChI=1S/C23H28N4O3/c1-5-29-19-11-7-6-10-18(19)26-22(28)17-9-8-12-27(13-17)21-20-14(2)15(3)30-23(20)25-16(4)24-21/h6-7,10-11,17H,5,8-9,12-13H2,1-4H3,(H,26,28)/t17-/m0/s1. The summed E-state index contributed by atoms with van der Waals surface area (Å²) in [5.74, 6) is 2.95. The summed E-state index contributed by atoms with van der Waals surface area (Å²) >= 11 is 0. The van der Waals surface area contributed by atoms with Gasteiger partial charge in [-0.2, -0.15) is 4.98 Å². The average molecular weight is 409 g/mol. The van der Waals surface area contributed by atoms with Gasteiger partial charge in [0.15, 0.2) is 0 Å². The molecule has 0 aliphatic carbocycles. The molecule has 1 fully saturated rings. The highest BCUT2D eigenvalue weighted by molar-refractivity contribution is 5.95. The van der Waals surface area contributed by atoms with Crippen LogP contribution in [0.5, 0.6) is 5.75 Å². The van der Waals surface area contributed by atoms with E-state index in [4.69, 9.17) is 14.1 Å². The number of hydrogen-bond acceptors (Lipinski definition) is 6. The van der Waals surface area contributed by atoms with Crippen molar-refractivity contribution in [3.05, 3.63) is 41.4 Å². The van der Waals surface area contributed by atoms with Crippen LogP contribution in [0.3, 0.4) is 0 Å². The molecular weight excluding hydrogens is 380 g/mol. The van der Waals surface area contributed by atoms with E-state index in [1.165, 1.54) is 0 Å². The number of rotatable bonds is 5. The summed E-state index contributed by atoms with van der Waals surface area (Å²) < 4.78 is 11.5. The molecule has 0 unspecified atom stereocenters. The van der Waals surface area contributed by atoms with Gasteiger partial charge >= 0.3 is 0 Å². The van der Waals surface area contributed by atoms with Crippen molar-refractivity contribution >= 4 is 28.5 Å². The maximum absolute atomic E-state index is 13.1. The number of aryl methyl sites for hydroxylation is 3. The lowest BCUT2D eigenvalue weighted by molar-refractivity contribution is -0.120. The molecule has 30 heavy (non-hydrogen) atoms. The van der Waals surface area contributed by atoms with Crippen molar-refractivity contribution in [3.63, 3.8) is 0 Å². The molecule has 1 aliphatic heterocycles. The van der Waals surface area contributed by atoms with Crippen molar-refractivity contribution in [2.75, 3.05) is 29.9 Å². The molecule has 3 aromatic rings. The Kier molecular flexibility index (Phi) is 5.61. The maximum atomic E-state index is 13.1. The molecule has 2 aromatic heterocycles. The van der Waals surface area contributed by atoms with E-state index in [1.807, 2.05) is 52.0 Å². The van der Waals surface area contributed by atoms with E-state index in [-0.39, 0.29) is 11.8 Å². The van der Waals surface area contributed by atoms with Crippen molar-refractivity contribution in [2.24, 2.45) is 5.92 Å². The van der Waals surface area contributed by atoms with Gasteiger partial charge in [-0.1, -0.05) is 12.1 Å². The number of ether oxygens (including phenoxy) is 1. The minimum absolute atomic E-state index is 0.00831. The molecule has 7 heteroatoms. The summed E-state index contributed by atoms with van der Waals surface area (Å²) in [6.07, 6.45) is 1.77. The first-order valence-corrected chi connectivity index (χ1v) is 10.5. The number of nitrogens with one attached hydrogen (secondary N) is 1. The van der Waals surface area contributed by atoms with E-state index in [9.17, 15) is 4.79 Å². The first-order chi connectivity index (χ1) is 14.5. The van der Waals surface area contributed by atoms with Crippen LogP contribution in [-0.4, -0.2) is 35.6 Å². The number of aromatic nitrogens is 2. The molecule has 1 N–H and O–H groups in total. The molecule has 3 heterocycles. The summed E-state index contributed by atoms with van der Waals surface area (Å²) in [6.45, 7) is 9.79. The zero-order chi connectivity index (χ0) is 21.3. The number of hydrogen-bond donors (Lipinski definition) is 1. The number of carbonyl (C=O) groups excluding carboxylic acids is 1. The third-order valence-electron chi connectivity index (χ3n) is 5.66. The quantitative estimate of drug-likeness (QED) is 0.674. The average Bonchev–Trinajstić information content (AvgIpc) is 3.02. The largest absolute Gasteiger partial charge is 0.492 e. The van der Waals surface area contributed by atoms with E-state index in [2.05, 4.69) is 15.2 Å². The van der Waals surface area contributed by atoms with Crippen molar-refractivity contribution in [1.82, 2.24) is 9.97 Å². The fourth-order valence-corrected chi connectivity index (χ4v) is 4.03. The van der Waals surface area contributed by atoms with Crippen LogP contribution in [-0.2, 0) is 4.79 Å². The first-order valence-electron chi connectivity index (χ1n) is 10.5. The maximum Gasteiger partial charge on any atom is 0.231 e. The van der Waals surface area contributed by atoms with Crippen LogP contribution in [0.25, 0.3) is 11.1 Å². The second kappa shape index (κ2) is 8.34. The number of para-hydroxylation sites is 2. The smallest absolute Gasteiger partial charge is 0.231 e. The molecule has 1 amide bonds. The Bertz CT molecular complexity index is 1080. The fourth-order valence-electron chi connectivity index (χ4n) is 4.03. The monoisotopic (exact) mass is 408 g/mol. The van der Waals surface area contributed by atoms with E-state index >= 15 is 0 Å². The van der Waals surface area contributed by atoms with Gasteiger partial charge in [0.1, 0.15) is 23.2 Å². The Morgan fingerprint density at radius 3 is 2.87 bits per heavy atom. The van der Waals surface area contributed by atoms with Crippen LogP contribution < -0.4 is 15.0 Å². The van der Waals surface area contributed by atoms with Crippen molar-refractivity contribution in [2.45, 2.75) is 40.5 Å².